The normalized spacial score (nSPS) is 35.3. The van der Waals surface area contributed by atoms with Crippen LogP contribution in [0.15, 0.2) is 0 Å². The summed E-state index contributed by atoms with van der Waals surface area (Å²) in [4.78, 5) is 29.2. The summed E-state index contributed by atoms with van der Waals surface area (Å²) in [5, 5.41) is 3.64. The Morgan fingerprint density at radius 1 is 1.00 bits per heavy atom. The molecule has 3 unspecified atom stereocenters. The maximum Gasteiger partial charge on any atom is 0.227 e. The molecule has 0 aromatic carbocycles. The zero-order chi connectivity index (χ0) is 16.0. The number of carbonyl (C=O) groups excluding carboxylic acids is 2. The first-order valence-corrected chi connectivity index (χ1v) is 9.43. The first-order chi connectivity index (χ1) is 11.1. The molecule has 3 saturated heterocycles. The number of rotatable bonds is 3. The summed E-state index contributed by atoms with van der Waals surface area (Å²) in [5.74, 6) is 0.847. The number of amides is 2. The van der Waals surface area contributed by atoms with Crippen molar-refractivity contribution in [1.29, 1.82) is 0 Å². The van der Waals surface area contributed by atoms with E-state index in [0.717, 1.165) is 45.1 Å². The van der Waals surface area contributed by atoms with E-state index in [0.29, 0.717) is 30.6 Å². The molecule has 1 N–H and O–H groups in total. The molecule has 0 spiro atoms. The SMILES string of the molecule is CN(C(=O)C1CCCN(C(=O)C2CC2)C1)C1CC2CCC(C1)N2.Cl. The number of hydrogen-bond acceptors (Lipinski definition) is 3. The number of piperidine rings is 2. The van der Waals surface area contributed by atoms with Gasteiger partial charge in [-0.05, 0) is 51.4 Å². The van der Waals surface area contributed by atoms with Crippen molar-refractivity contribution in [2.24, 2.45) is 11.8 Å². The quantitative estimate of drug-likeness (QED) is 0.839. The van der Waals surface area contributed by atoms with Gasteiger partial charge in [-0.15, -0.1) is 12.4 Å². The molecule has 5 nitrogen and oxygen atoms in total. The van der Waals surface area contributed by atoms with Crippen LogP contribution in [0.2, 0.25) is 0 Å². The van der Waals surface area contributed by atoms with E-state index in [4.69, 9.17) is 0 Å². The summed E-state index contributed by atoms with van der Waals surface area (Å²) in [6, 6.07) is 1.59. The van der Waals surface area contributed by atoms with Gasteiger partial charge in [0.1, 0.15) is 0 Å². The van der Waals surface area contributed by atoms with Crippen molar-refractivity contribution >= 4 is 24.2 Å². The second-order valence-corrected chi connectivity index (χ2v) is 8.11. The average molecular weight is 356 g/mol. The second kappa shape index (κ2) is 7.20. The van der Waals surface area contributed by atoms with Crippen LogP contribution in [0, 0.1) is 11.8 Å². The number of hydrogen-bond donors (Lipinski definition) is 1. The molecule has 3 heterocycles. The van der Waals surface area contributed by atoms with Crippen molar-refractivity contribution in [2.75, 3.05) is 20.1 Å². The molecule has 6 heteroatoms. The van der Waals surface area contributed by atoms with E-state index in [1.807, 2.05) is 16.8 Å². The van der Waals surface area contributed by atoms with Crippen molar-refractivity contribution in [2.45, 2.75) is 69.5 Å². The van der Waals surface area contributed by atoms with Gasteiger partial charge in [0.15, 0.2) is 0 Å². The van der Waals surface area contributed by atoms with E-state index < -0.39 is 0 Å². The van der Waals surface area contributed by atoms with Gasteiger partial charge in [0.25, 0.3) is 0 Å². The molecule has 2 amide bonds. The Kier molecular flexibility index (Phi) is 5.40. The Bertz CT molecular complexity index is 485. The minimum Gasteiger partial charge on any atom is -0.342 e. The van der Waals surface area contributed by atoms with Gasteiger partial charge in [-0.1, -0.05) is 0 Å². The lowest BCUT2D eigenvalue weighted by atomic mass is 9.93. The molecule has 24 heavy (non-hydrogen) atoms. The Balaban J connectivity index is 0.00000169. The molecular formula is C18H30ClN3O2. The standard InChI is InChI=1S/C18H29N3O2.ClH/c1-20(16-9-14-6-7-15(10-16)19-14)17(22)13-3-2-8-21(11-13)18(23)12-4-5-12;/h12-16,19H,2-11H2,1H3;1H. The zero-order valence-electron chi connectivity index (χ0n) is 14.6. The lowest BCUT2D eigenvalue weighted by Crippen LogP contribution is -2.52. The number of carbonyl (C=O) groups is 2. The Labute approximate surface area is 150 Å². The van der Waals surface area contributed by atoms with Crippen molar-refractivity contribution in [3.63, 3.8) is 0 Å². The van der Waals surface area contributed by atoms with Gasteiger partial charge in [-0.25, -0.2) is 0 Å². The summed E-state index contributed by atoms with van der Waals surface area (Å²) in [5.41, 5.74) is 0. The van der Waals surface area contributed by atoms with Gasteiger partial charge in [0.05, 0.1) is 5.92 Å². The molecule has 1 aliphatic carbocycles. The Morgan fingerprint density at radius 2 is 1.67 bits per heavy atom. The van der Waals surface area contributed by atoms with Gasteiger partial charge in [0.2, 0.25) is 11.8 Å². The van der Waals surface area contributed by atoms with Crippen molar-refractivity contribution in [1.82, 2.24) is 15.1 Å². The molecule has 136 valence electrons. The van der Waals surface area contributed by atoms with Gasteiger partial charge < -0.3 is 15.1 Å². The highest BCUT2D eigenvalue weighted by Crippen LogP contribution is 2.34. The minimum absolute atomic E-state index is 0. The highest BCUT2D eigenvalue weighted by atomic mass is 35.5. The number of fused-ring (bicyclic) bond motifs is 2. The molecule has 4 fully saturated rings. The lowest BCUT2D eigenvalue weighted by Gasteiger charge is -2.39. The fourth-order valence-electron chi connectivity index (χ4n) is 4.78. The van der Waals surface area contributed by atoms with Crippen LogP contribution in [0.5, 0.6) is 0 Å². The van der Waals surface area contributed by atoms with Crippen LogP contribution >= 0.6 is 12.4 Å². The van der Waals surface area contributed by atoms with E-state index in [1.165, 1.54) is 12.8 Å². The predicted molar refractivity (Wildman–Crippen MR) is 95.0 cm³/mol. The van der Waals surface area contributed by atoms with Crippen LogP contribution in [-0.4, -0.2) is 59.9 Å². The summed E-state index contributed by atoms with van der Waals surface area (Å²) < 4.78 is 0. The Hall–Kier alpha value is -0.810. The number of nitrogens with zero attached hydrogens (tertiary/aromatic N) is 2. The minimum atomic E-state index is 0. The molecule has 0 aromatic rings. The first-order valence-electron chi connectivity index (χ1n) is 9.43. The van der Waals surface area contributed by atoms with Crippen molar-refractivity contribution in [3.8, 4) is 0 Å². The molecule has 1 saturated carbocycles. The van der Waals surface area contributed by atoms with E-state index in [9.17, 15) is 9.59 Å². The monoisotopic (exact) mass is 355 g/mol. The zero-order valence-corrected chi connectivity index (χ0v) is 15.4. The van der Waals surface area contributed by atoms with Gasteiger partial charge in [-0.3, -0.25) is 9.59 Å². The summed E-state index contributed by atoms with van der Waals surface area (Å²) in [7, 11) is 1.99. The first kappa shape index (κ1) is 18.0. The average Bonchev–Trinajstić information content (AvgIpc) is 3.38. The fourth-order valence-corrected chi connectivity index (χ4v) is 4.78. The summed E-state index contributed by atoms with van der Waals surface area (Å²) in [6.45, 7) is 1.50. The van der Waals surface area contributed by atoms with Crippen LogP contribution in [0.25, 0.3) is 0 Å². The van der Waals surface area contributed by atoms with Gasteiger partial charge >= 0.3 is 0 Å². The number of likely N-dealkylation sites (tertiary alicyclic amines) is 1. The number of nitrogens with one attached hydrogen (secondary N) is 1. The van der Waals surface area contributed by atoms with E-state index >= 15 is 0 Å². The van der Waals surface area contributed by atoms with E-state index in [-0.39, 0.29) is 30.2 Å². The van der Waals surface area contributed by atoms with Crippen LogP contribution in [-0.2, 0) is 9.59 Å². The van der Waals surface area contributed by atoms with Gasteiger partial charge in [0, 0.05) is 44.2 Å². The van der Waals surface area contributed by atoms with Gasteiger partial charge in [-0.2, -0.15) is 0 Å². The third-order valence-electron chi connectivity index (χ3n) is 6.35. The summed E-state index contributed by atoms with van der Waals surface area (Å²) >= 11 is 0. The largest absolute Gasteiger partial charge is 0.342 e. The van der Waals surface area contributed by atoms with Crippen molar-refractivity contribution in [3.05, 3.63) is 0 Å². The highest BCUT2D eigenvalue weighted by Gasteiger charge is 2.40. The lowest BCUT2D eigenvalue weighted by molar-refractivity contribution is -0.142. The third kappa shape index (κ3) is 3.57. The predicted octanol–water partition coefficient (Wildman–Crippen LogP) is 1.80. The molecule has 0 aromatic heterocycles. The topological polar surface area (TPSA) is 52.7 Å². The molecule has 4 rings (SSSR count). The van der Waals surface area contributed by atoms with Crippen LogP contribution < -0.4 is 5.32 Å². The molecule has 3 atom stereocenters. The molecule has 0 radical (unpaired) electrons. The highest BCUT2D eigenvalue weighted by molar-refractivity contribution is 5.85. The molecule has 3 aliphatic heterocycles. The second-order valence-electron chi connectivity index (χ2n) is 8.11. The van der Waals surface area contributed by atoms with Crippen molar-refractivity contribution < 1.29 is 9.59 Å². The third-order valence-corrected chi connectivity index (χ3v) is 6.35. The van der Waals surface area contributed by atoms with Crippen LogP contribution in [0.4, 0.5) is 0 Å². The van der Waals surface area contributed by atoms with E-state index in [1.54, 1.807) is 0 Å². The Morgan fingerprint density at radius 3 is 2.29 bits per heavy atom. The smallest absolute Gasteiger partial charge is 0.227 e. The molecular weight excluding hydrogens is 326 g/mol. The maximum absolute atomic E-state index is 13.0. The number of halogens is 1. The van der Waals surface area contributed by atoms with Crippen LogP contribution in [0.3, 0.4) is 0 Å². The molecule has 2 bridgehead atoms. The fraction of sp³-hybridized carbons (Fsp3) is 0.889. The van der Waals surface area contributed by atoms with E-state index in [2.05, 4.69) is 5.32 Å². The summed E-state index contributed by atoms with van der Waals surface area (Å²) in [6.07, 6.45) is 8.71. The maximum atomic E-state index is 13.0. The molecule has 4 aliphatic rings. The van der Waals surface area contributed by atoms with Crippen LogP contribution in [0.1, 0.15) is 51.4 Å².